The first kappa shape index (κ1) is 24.8. The van der Waals surface area contributed by atoms with E-state index in [1.807, 2.05) is 6.92 Å². The molecule has 1 aromatic heterocycles. The molecule has 0 spiro atoms. The first-order valence-corrected chi connectivity index (χ1v) is 10.1. The predicted octanol–water partition coefficient (Wildman–Crippen LogP) is 3.15. The number of amides is 1. The Bertz CT molecular complexity index is 994. The molecule has 9 heteroatoms. The van der Waals surface area contributed by atoms with Gasteiger partial charge in [-0.25, -0.2) is 14.2 Å². The summed E-state index contributed by atoms with van der Waals surface area (Å²) in [6.45, 7) is 6.49. The molecule has 0 saturated carbocycles. The summed E-state index contributed by atoms with van der Waals surface area (Å²) >= 11 is 0. The van der Waals surface area contributed by atoms with E-state index in [0.717, 1.165) is 0 Å². The quantitative estimate of drug-likeness (QED) is 0.590. The first-order valence-electron chi connectivity index (χ1n) is 10.1. The standard InChI is InChI=1S/C23H27FN2O6/c1-6-14(3)31-23(29)18(12-16-7-8-17(24)11-13(16)2)26-22(28)20-21(32-15(4)27)19(30-5)9-10-25-20/h7-11,14,18H,6,12H2,1-5H3,(H,26,28)/t14?,18-/m0/s1. The van der Waals surface area contributed by atoms with Crippen molar-refractivity contribution in [3.05, 3.63) is 53.1 Å². The van der Waals surface area contributed by atoms with Crippen LogP contribution in [-0.4, -0.2) is 42.1 Å². The highest BCUT2D eigenvalue weighted by atomic mass is 19.1. The van der Waals surface area contributed by atoms with Crippen molar-refractivity contribution in [1.82, 2.24) is 10.3 Å². The Labute approximate surface area is 186 Å². The van der Waals surface area contributed by atoms with Crippen LogP contribution in [0.1, 0.15) is 48.8 Å². The maximum Gasteiger partial charge on any atom is 0.329 e. The van der Waals surface area contributed by atoms with E-state index in [1.165, 1.54) is 38.4 Å². The normalized spacial score (nSPS) is 12.4. The topological polar surface area (TPSA) is 104 Å². The minimum absolute atomic E-state index is 0.0694. The van der Waals surface area contributed by atoms with Gasteiger partial charge >= 0.3 is 11.9 Å². The van der Waals surface area contributed by atoms with Crippen molar-refractivity contribution in [1.29, 1.82) is 0 Å². The van der Waals surface area contributed by atoms with Gasteiger partial charge in [-0.2, -0.15) is 0 Å². The molecule has 0 radical (unpaired) electrons. The fraction of sp³-hybridized carbons (Fsp3) is 0.391. The van der Waals surface area contributed by atoms with E-state index in [-0.39, 0.29) is 29.7 Å². The molecule has 1 unspecified atom stereocenters. The average molecular weight is 446 g/mol. The average Bonchev–Trinajstić information content (AvgIpc) is 2.74. The van der Waals surface area contributed by atoms with E-state index >= 15 is 0 Å². The molecule has 0 aliphatic carbocycles. The highest BCUT2D eigenvalue weighted by Gasteiger charge is 2.28. The molecule has 32 heavy (non-hydrogen) atoms. The van der Waals surface area contributed by atoms with E-state index in [4.69, 9.17) is 14.2 Å². The second kappa shape index (κ2) is 11.2. The van der Waals surface area contributed by atoms with Crippen molar-refractivity contribution in [2.45, 2.75) is 52.7 Å². The van der Waals surface area contributed by atoms with Gasteiger partial charge in [0.2, 0.25) is 5.75 Å². The Morgan fingerprint density at radius 1 is 1.22 bits per heavy atom. The number of aryl methyl sites for hydroxylation is 1. The molecule has 0 fully saturated rings. The van der Waals surface area contributed by atoms with E-state index in [9.17, 15) is 18.8 Å². The summed E-state index contributed by atoms with van der Waals surface area (Å²) in [7, 11) is 1.35. The van der Waals surface area contributed by atoms with E-state index in [2.05, 4.69) is 10.3 Å². The van der Waals surface area contributed by atoms with E-state index in [1.54, 1.807) is 19.9 Å². The molecule has 2 aromatic rings. The highest BCUT2D eigenvalue weighted by molar-refractivity contribution is 5.98. The van der Waals surface area contributed by atoms with Crippen LogP contribution in [0, 0.1) is 12.7 Å². The van der Waals surface area contributed by atoms with Crippen molar-refractivity contribution >= 4 is 17.8 Å². The number of hydrogen-bond acceptors (Lipinski definition) is 7. The summed E-state index contributed by atoms with van der Waals surface area (Å²) in [5.41, 5.74) is 1.06. The number of nitrogens with one attached hydrogen (secondary N) is 1. The third kappa shape index (κ3) is 6.50. The number of methoxy groups -OCH3 is 1. The predicted molar refractivity (Wildman–Crippen MR) is 114 cm³/mol. The van der Waals surface area contributed by atoms with Gasteiger partial charge in [-0.3, -0.25) is 9.59 Å². The smallest absolute Gasteiger partial charge is 0.329 e. The van der Waals surface area contributed by atoms with Crippen LogP contribution in [0.3, 0.4) is 0 Å². The van der Waals surface area contributed by atoms with Crippen molar-refractivity contribution in [3.8, 4) is 11.5 Å². The minimum atomic E-state index is -1.08. The molecule has 0 saturated heterocycles. The third-order valence-electron chi connectivity index (χ3n) is 4.76. The number of benzene rings is 1. The fourth-order valence-electron chi connectivity index (χ4n) is 2.89. The number of halogens is 1. The molecular formula is C23H27FN2O6. The monoisotopic (exact) mass is 446 g/mol. The van der Waals surface area contributed by atoms with Gasteiger partial charge in [0.25, 0.3) is 5.91 Å². The maximum atomic E-state index is 13.5. The number of hydrogen-bond donors (Lipinski definition) is 1. The number of aromatic nitrogens is 1. The van der Waals surface area contributed by atoms with Gasteiger partial charge in [-0.15, -0.1) is 0 Å². The van der Waals surface area contributed by atoms with Gasteiger partial charge in [0.05, 0.1) is 13.2 Å². The lowest BCUT2D eigenvalue weighted by Gasteiger charge is -2.21. The molecule has 0 aliphatic rings. The van der Waals surface area contributed by atoms with Crippen molar-refractivity contribution in [2.75, 3.05) is 7.11 Å². The molecule has 0 aliphatic heterocycles. The van der Waals surface area contributed by atoms with E-state index in [0.29, 0.717) is 17.5 Å². The zero-order valence-corrected chi connectivity index (χ0v) is 18.7. The molecule has 1 amide bonds. The number of nitrogens with zero attached hydrogens (tertiary/aromatic N) is 1. The molecule has 1 aromatic carbocycles. The second-order valence-electron chi connectivity index (χ2n) is 7.24. The summed E-state index contributed by atoms with van der Waals surface area (Å²) in [6, 6.07) is 4.53. The Kier molecular flexibility index (Phi) is 8.69. The van der Waals surface area contributed by atoms with Crippen LogP contribution in [0.4, 0.5) is 4.39 Å². The van der Waals surface area contributed by atoms with E-state index < -0.39 is 29.7 Å². The van der Waals surface area contributed by atoms with Gasteiger partial charge < -0.3 is 19.5 Å². The molecule has 1 heterocycles. The zero-order chi connectivity index (χ0) is 23.8. The zero-order valence-electron chi connectivity index (χ0n) is 18.7. The number of ether oxygens (including phenoxy) is 3. The van der Waals surface area contributed by atoms with Gasteiger partial charge in [-0.05, 0) is 43.5 Å². The number of esters is 2. The third-order valence-corrected chi connectivity index (χ3v) is 4.76. The van der Waals surface area contributed by atoms with Gasteiger partial charge in [0.15, 0.2) is 11.4 Å². The van der Waals surface area contributed by atoms with Gasteiger partial charge in [0.1, 0.15) is 11.9 Å². The lowest BCUT2D eigenvalue weighted by atomic mass is 10.0. The summed E-state index contributed by atoms with van der Waals surface area (Å²) in [6.07, 6.45) is 1.62. The number of pyridine rings is 1. The fourth-order valence-corrected chi connectivity index (χ4v) is 2.89. The van der Waals surface area contributed by atoms with Crippen molar-refractivity contribution < 1.29 is 33.0 Å². The van der Waals surface area contributed by atoms with Crippen molar-refractivity contribution in [3.63, 3.8) is 0 Å². The minimum Gasteiger partial charge on any atom is -0.493 e. The highest BCUT2D eigenvalue weighted by Crippen LogP contribution is 2.29. The lowest BCUT2D eigenvalue weighted by molar-refractivity contribution is -0.150. The SMILES string of the molecule is CCC(C)OC(=O)[C@H](Cc1ccc(F)cc1C)NC(=O)c1nccc(OC)c1OC(C)=O. The molecule has 172 valence electrons. The van der Waals surface area contributed by atoms with Crippen LogP contribution in [-0.2, 0) is 20.7 Å². The largest absolute Gasteiger partial charge is 0.493 e. The second-order valence-corrected chi connectivity index (χ2v) is 7.24. The summed E-state index contributed by atoms with van der Waals surface area (Å²) in [4.78, 5) is 41.3. The maximum absolute atomic E-state index is 13.5. The summed E-state index contributed by atoms with van der Waals surface area (Å²) in [5, 5.41) is 2.60. The van der Waals surface area contributed by atoms with Crippen molar-refractivity contribution in [2.24, 2.45) is 0 Å². The Morgan fingerprint density at radius 3 is 2.53 bits per heavy atom. The van der Waals surface area contributed by atoms with Crippen LogP contribution in [0.25, 0.3) is 0 Å². The van der Waals surface area contributed by atoms with Crippen LogP contribution in [0.15, 0.2) is 30.5 Å². The van der Waals surface area contributed by atoms with Crippen LogP contribution in [0.2, 0.25) is 0 Å². The number of rotatable bonds is 9. The molecule has 2 atom stereocenters. The molecule has 0 bridgehead atoms. The number of carbonyl (C=O) groups is 3. The Balaban J connectivity index is 2.37. The van der Waals surface area contributed by atoms with Crippen LogP contribution >= 0.6 is 0 Å². The Morgan fingerprint density at radius 2 is 1.94 bits per heavy atom. The van der Waals surface area contributed by atoms with Crippen LogP contribution in [0.5, 0.6) is 11.5 Å². The summed E-state index contributed by atoms with van der Waals surface area (Å²) in [5.74, 6) is -2.50. The van der Waals surface area contributed by atoms with Gasteiger partial charge in [-0.1, -0.05) is 13.0 Å². The molecule has 1 N–H and O–H groups in total. The Hall–Kier alpha value is -3.49. The van der Waals surface area contributed by atoms with Gasteiger partial charge in [0, 0.05) is 25.6 Å². The summed E-state index contributed by atoms with van der Waals surface area (Å²) < 4.78 is 29.2. The number of carbonyl (C=O) groups excluding carboxylic acids is 3. The lowest BCUT2D eigenvalue weighted by Crippen LogP contribution is -2.44. The molecular weight excluding hydrogens is 419 g/mol. The molecule has 8 nitrogen and oxygen atoms in total. The first-order chi connectivity index (χ1) is 15.2. The van der Waals surface area contributed by atoms with Crippen LogP contribution < -0.4 is 14.8 Å². The molecule has 2 rings (SSSR count).